The summed E-state index contributed by atoms with van der Waals surface area (Å²) in [7, 11) is 0. The zero-order chi connectivity index (χ0) is 8.27. The van der Waals surface area contributed by atoms with E-state index in [1.165, 1.54) is 11.8 Å². The molecule has 0 saturated carbocycles. The molecule has 0 aromatic rings. The maximum atomic E-state index is 10.6. The van der Waals surface area contributed by atoms with Gasteiger partial charge in [-0.3, -0.25) is 4.79 Å². The molecule has 0 aliphatic carbocycles. The van der Waals surface area contributed by atoms with Crippen LogP contribution in [0.4, 0.5) is 0 Å². The van der Waals surface area contributed by atoms with Crippen LogP contribution in [-0.4, -0.2) is 34.7 Å². The number of nitrogens with one attached hydrogen (secondary N) is 1. The summed E-state index contributed by atoms with van der Waals surface area (Å²) in [4.78, 5) is 10.6. The van der Waals surface area contributed by atoms with E-state index in [0.717, 1.165) is 12.2 Å². The Morgan fingerprint density at radius 3 is 3.00 bits per heavy atom. The largest absolute Gasteiger partial charge is 0.392 e. The molecule has 1 aliphatic heterocycles. The van der Waals surface area contributed by atoms with E-state index in [2.05, 4.69) is 5.32 Å². The van der Waals surface area contributed by atoms with Gasteiger partial charge in [0.2, 0.25) is 0 Å². The quantitative estimate of drug-likeness (QED) is 0.619. The van der Waals surface area contributed by atoms with E-state index in [1.807, 2.05) is 0 Å². The third-order valence-electron chi connectivity index (χ3n) is 1.69. The fraction of sp³-hybridized carbons (Fsp3) is 0.857. The summed E-state index contributed by atoms with van der Waals surface area (Å²) in [6.45, 7) is 2.24. The van der Waals surface area contributed by atoms with Gasteiger partial charge in [-0.25, -0.2) is 0 Å². The van der Waals surface area contributed by atoms with Gasteiger partial charge in [0.1, 0.15) is 0 Å². The van der Waals surface area contributed by atoms with Crippen LogP contribution in [0.2, 0.25) is 0 Å². The number of aliphatic hydroxyl groups is 1. The SMILES string of the molecule is CC(=O)SC[C@@H]1C[C@@H](O)CN1. The van der Waals surface area contributed by atoms with Crippen molar-refractivity contribution in [2.75, 3.05) is 12.3 Å². The van der Waals surface area contributed by atoms with Crippen molar-refractivity contribution in [1.82, 2.24) is 5.32 Å². The summed E-state index contributed by atoms with van der Waals surface area (Å²) in [5, 5.41) is 12.4. The van der Waals surface area contributed by atoms with Crippen LogP contribution in [0.3, 0.4) is 0 Å². The van der Waals surface area contributed by atoms with Gasteiger partial charge in [0, 0.05) is 25.3 Å². The molecule has 0 aromatic heterocycles. The Labute approximate surface area is 70.6 Å². The second kappa shape index (κ2) is 4.09. The van der Waals surface area contributed by atoms with Gasteiger partial charge in [0.05, 0.1) is 6.10 Å². The number of carbonyl (C=O) groups excluding carboxylic acids is 1. The summed E-state index contributed by atoms with van der Waals surface area (Å²) in [5.74, 6) is 0.784. The molecule has 1 rings (SSSR count). The van der Waals surface area contributed by atoms with Gasteiger partial charge in [0.15, 0.2) is 5.12 Å². The second-order valence-corrected chi connectivity index (χ2v) is 3.99. The van der Waals surface area contributed by atoms with Crippen molar-refractivity contribution in [2.24, 2.45) is 0 Å². The van der Waals surface area contributed by atoms with Crippen molar-refractivity contribution >= 4 is 16.9 Å². The first kappa shape index (κ1) is 9.03. The van der Waals surface area contributed by atoms with Crippen molar-refractivity contribution in [2.45, 2.75) is 25.5 Å². The van der Waals surface area contributed by atoms with Gasteiger partial charge in [0.25, 0.3) is 0 Å². The van der Waals surface area contributed by atoms with E-state index in [9.17, 15) is 4.79 Å². The van der Waals surface area contributed by atoms with Gasteiger partial charge in [-0.1, -0.05) is 11.8 Å². The minimum Gasteiger partial charge on any atom is -0.392 e. The highest BCUT2D eigenvalue weighted by molar-refractivity contribution is 8.13. The smallest absolute Gasteiger partial charge is 0.185 e. The lowest BCUT2D eigenvalue weighted by Gasteiger charge is -2.06. The van der Waals surface area contributed by atoms with Gasteiger partial charge in [-0.05, 0) is 6.42 Å². The minimum atomic E-state index is -0.215. The number of carbonyl (C=O) groups is 1. The zero-order valence-corrected chi connectivity index (χ0v) is 7.36. The van der Waals surface area contributed by atoms with Crippen LogP contribution in [0, 0.1) is 0 Å². The first-order valence-corrected chi connectivity index (χ1v) is 4.72. The lowest BCUT2D eigenvalue weighted by atomic mass is 10.2. The van der Waals surface area contributed by atoms with Crippen molar-refractivity contribution in [3.63, 3.8) is 0 Å². The first-order valence-electron chi connectivity index (χ1n) is 3.73. The summed E-state index contributed by atoms with van der Waals surface area (Å²) >= 11 is 1.32. The maximum absolute atomic E-state index is 10.6. The molecule has 0 bridgehead atoms. The number of β-amino-alcohol motifs (C(OH)–C–C–N with tert-alkyl or cyclic N) is 1. The van der Waals surface area contributed by atoms with Crippen LogP contribution in [0.1, 0.15) is 13.3 Å². The normalized spacial score (nSPS) is 30.7. The fourth-order valence-electron chi connectivity index (χ4n) is 1.14. The summed E-state index contributed by atoms with van der Waals surface area (Å²) < 4.78 is 0. The van der Waals surface area contributed by atoms with Crippen molar-refractivity contribution < 1.29 is 9.90 Å². The highest BCUT2D eigenvalue weighted by Gasteiger charge is 2.21. The number of hydrogen-bond donors (Lipinski definition) is 2. The van der Waals surface area contributed by atoms with Crippen molar-refractivity contribution in [3.8, 4) is 0 Å². The van der Waals surface area contributed by atoms with Gasteiger partial charge < -0.3 is 10.4 Å². The molecule has 0 radical (unpaired) electrons. The van der Waals surface area contributed by atoms with E-state index in [4.69, 9.17) is 5.11 Å². The molecule has 0 spiro atoms. The average molecular weight is 175 g/mol. The Morgan fingerprint density at radius 1 is 1.82 bits per heavy atom. The number of rotatable bonds is 2. The second-order valence-electron chi connectivity index (χ2n) is 2.80. The fourth-order valence-corrected chi connectivity index (χ4v) is 1.83. The molecule has 1 aliphatic rings. The molecule has 1 fully saturated rings. The van der Waals surface area contributed by atoms with Crippen LogP contribution in [0.25, 0.3) is 0 Å². The number of hydrogen-bond acceptors (Lipinski definition) is 4. The van der Waals surface area contributed by atoms with E-state index in [-0.39, 0.29) is 11.2 Å². The Balaban J connectivity index is 2.13. The van der Waals surface area contributed by atoms with Crippen LogP contribution >= 0.6 is 11.8 Å². The summed E-state index contributed by atoms with van der Waals surface area (Å²) in [5.41, 5.74) is 0. The standard InChI is InChI=1S/C7H13NO2S/c1-5(9)11-4-6-2-7(10)3-8-6/h6-8,10H,2-4H2,1H3/t6-,7+/m0/s1. The Kier molecular flexibility index (Phi) is 3.36. The molecule has 2 N–H and O–H groups in total. The van der Waals surface area contributed by atoms with Crippen molar-refractivity contribution in [1.29, 1.82) is 0 Å². The molecular formula is C7H13NO2S. The van der Waals surface area contributed by atoms with E-state index < -0.39 is 0 Å². The molecule has 2 atom stereocenters. The molecular weight excluding hydrogens is 162 g/mol. The zero-order valence-electron chi connectivity index (χ0n) is 6.54. The van der Waals surface area contributed by atoms with E-state index in [1.54, 1.807) is 6.92 Å². The van der Waals surface area contributed by atoms with Gasteiger partial charge in [-0.15, -0.1) is 0 Å². The van der Waals surface area contributed by atoms with Gasteiger partial charge >= 0.3 is 0 Å². The Morgan fingerprint density at radius 2 is 2.55 bits per heavy atom. The molecule has 0 aromatic carbocycles. The summed E-state index contributed by atoms with van der Waals surface area (Å²) in [6.07, 6.45) is 0.563. The van der Waals surface area contributed by atoms with Crippen molar-refractivity contribution in [3.05, 3.63) is 0 Å². The molecule has 1 heterocycles. The predicted octanol–water partition coefficient (Wildman–Crippen LogP) is -0.0111. The molecule has 11 heavy (non-hydrogen) atoms. The molecule has 0 unspecified atom stereocenters. The number of aliphatic hydroxyl groups excluding tert-OH is 1. The van der Waals surface area contributed by atoms with Crippen LogP contribution in [0.5, 0.6) is 0 Å². The summed E-state index contributed by atoms with van der Waals surface area (Å²) in [6, 6.07) is 0.318. The maximum Gasteiger partial charge on any atom is 0.185 e. The average Bonchev–Trinajstić information content (AvgIpc) is 2.31. The Hall–Kier alpha value is -0.0600. The predicted molar refractivity (Wildman–Crippen MR) is 45.6 cm³/mol. The Bertz CT molecular complexity index is 151. The molecule has 4 heteroatoms. The van der Waals surface area contributed by atoms with Crippen LogP contribution in [0.15, 0.2) is 0 Å². The molecule has 64 valence electrons. The lowest BCUT2D eigenvalue weighted by molar-refractivity contribution is -0.109. The third kappa shape index (κ3) is 3.22. The van der Waals surface area contributed by atoms with Crippen LogP contribution in [-0.2, 0) is 4.79 Å². The topological polar surface area (TPSA) is 49.3 Å². The molecule has 3 nitrogen and oxygen atoms in total. The lowest BCUT2D eigenvalue weighted by Crippen LogP contribution is -2.24. The number of thioether (sulfide) groups is 1. The first-order chi connectivity index (χ1) is 5.18. The molecule has 0 amide bonds. The molecule has 1 saturated heterocycles. The van der Waals surface area contributed by atoms with E-state index in [0.29, 0.717) is 12.6 Å². The van der Waals surface area contributed by atoms with E-state index >= 15 is 0 Å². The highest BCUT2D eigenvalue weighted by atomic mass is 32.2. The third-order valence-corrected chi connectivity index (χ3v) is 2.66. The minimum absolute atomic E-state index is 0.146. The highest BCUT2D eigenvalue weighted by Crippen LogP contribution is 2.12. The van der Waals surface area contributed by atoms with Gasteiger partial charge in [-0.2, -0.15) is 0 Å². The monoisotopic (exact) mass is 175 g/mol. The van der Waals surface area contributed by atoms with Crippen LogP contribution < -0.4 is 5.32 Å².